The molecule has 1 amide bonds. The maximum atomic E-state index is 14.5. The summed E-state index contributed by atoms with van der Waals surface area (Å²) in [6, 6.07) is 7.83. The molecule has 0 heterocycles. The van der Waals surface area contributed by atoms with Gasteiger partial charge < -0.3 is 25.5 Å². The number of carboxylic acid groups (broad SMARTS) is 1. The molecule has 9 atom stereocenters. The minimum Gasteiger partial charge on any atom is -0.481 e. The fraction of sp³-hybridized carbons (Fsp3) is 0.733. The van der Waals surface area contributed by atoms with Crippen LogP contribution in [0.3, 0.4) is 0 Å². The lowest BCUT2D eigenvalue weighted by atomic mass is 9.32. The number of amides is 1. The Labute approximate surface area is 313 Å². The summed E-state index contributed by atoms with van der Waals surface area (Å²) in [5.41, 5.74) is 4.52. The first-order valence-electron chi connectivity index (χ1n) is 20.5. The Kier molecular flexibility index (Phi) is 10.8. The van der Waals surface area contributed by atoms with E-state index in [4.69, 9.17) is 5.11 Å². The zero-order chi connectivity index (χ0) is 37.9. The summed E-state index contributed by atoms with van der Waals surface area (Å²) < 4.78 is 0. The zero-order valence-corrected chi connectivity index (χ0v) is 33.3. The summed E-state index contributed by atoms with van der Waals surface area (Å²) in [4.78, 5) is 27.8. The fourth-order valence-electron chi connectivity index (χ4n) is 13.9. The Morgan fingerprint density at radius 1 is 0.923 bits per heavy atom. The fourth-order valence-corrected chi connectivity index (χ4v) is 13.9. The number of carboxylic acids is 1. The second kappa shape index (κ2) is 14.3. The normalized spacial score (nSPS) is 37.8. The SMILES string of the molecule is C=C(C)C1CCC2(C(=O)NCCN(CC)CCCC(=O)O)CCC3(C)C(CCC4C5(C)CC=C(c6ccc(C(O)O)cc6)C(C)(C)C5CCC43C)C12. The summed E-state index contributed by atoms with van der Waals surface area (Å²) in [5.74, 6) is 1.84. The number of likely N-dealkylation sites (N-methyl/N-ethyl adjacent to an activating group) is 1. The number of aliphatic hydroxyl groups is 2. The van der Waals surface area contributed by atoms with Crippen LogP contribution in [-0.2, 0) is 9.59 Å². The van der Waals surface area contributed by atoms with E-state index in [1.54, 1.807) is 0 Å². The van der Waals surface area contributed by atoms with Crippen LogP contribution in [0.25, 0.3) is 5.57 Å². The summed E-state index contributed by atoms with van der Waals surface area (Å²) in [6.07, 6.45) is 11.8. The van der Waals surface area contributed by atoms with E-state index in [2.05, 4.69) is 83.5 Å². The maximum absolute atomic E-state index is 14.5. The Morgan fingerprint density at radius 3 is 2.27 bits per heavy atom. The number of nitrogens with one attached hydrogen (secondary N) is 1. The molecule has 5 aliphatic rings. The Hall–Kier alpha value is -2.48. The molecule has 0 aliphatic heterocycles. The average Bonchev–Trinajstić information content (AvgIpc) is 3.49. The van der Waals surface area contributed by atoms with Crippen molar-refractivity contribution in [3.63, 3.8) is 0 Å². The van der Waals surface area contributed by atoms with Gasteiger partial charge in [0.2, 0.25) is 5.91 Å². The van der Waals surface area contributed by atoms with E-state index in [0.717, 1.165) is 51.7 Å². The van der Waals surface area contributed by atoms with Crippen molar-refractivity contribution >= 4 is 17.4 Å². The standard InChI is InChI=1S/C45H68N2O5/c1-9-47(27-10-11-37(48)49)28-26-46-40(52)45-23-18-32(29(2)3)38(45)34-16-17-36-42(6)21-19-33(30-12-14-31(15-13-30)39(50)51)41(4,5)35(42)20-22-44(36,8)43(34,7)24-25-45/h12-15,19,32,34-36,38-39,50-51H,2,9-11,16-18,20-28H2,1,3-8H3,(H,46,52)(H,48,49). The van der Waals surface area contributed by atoms with Crippen LogP contribution in [0.5, 0.6) is 0 Å². The van der Waals surface area contributed by atoms with E-state index < -0.39 is 12.3 Å². The quantitative estimate of drug-likeness (QED) is 0.127. The molecule has 0 bridgehead atoms. The molecule has 6 rings (SSSR count). The molecule has 4 saturated carbocycles. The third kappa shape index (κ3) is 6.23. The number of aliphatic carboxylic acids is 1. The molecule has 52 heavy (non-hydrogen) atoms. The van der Waals surface area contributed by atoms with Crippen molar-refractivity contribution in [2.45, 2.75) is 125 Å². The maximum Gasteiger partial charge on any atom is 0.303 e. The number of benzene rings is 1. The monoisotopic (exact) mass is 717 g/mol. The van der Waals surface area contributed by atoms with Crippen LogP contribution in [0.1, 0.15) is 137 Å². The van der Waals surface area contributed by atoms with Crippen molar-refractivity contribution < 1.29 is 24.9 Å². The number of aliphatic hydroxyl groups excluding tert-OH is 1. The molecule has 0 radical (unpaired) electrons. The topological polar surface area (TPSA) is 110 Å². The molecule has 9 unspecified atom stereocenters. The Morgan fingerprint density at radius 2 is 1.63 bits per heavy atom. The lowest BCUT2D eigenvalue weighted by molar-refractivity contribution is -0.225. The third-order valence-electron chi connectivity index (χ3n) is 16.6. The average molecular weight is 717 g/mol. The van der Waals surface area contributed by atoms with Gasteiger partial charge in [-0.25, -0.2) is 0 Å². The van der Waals surface area contributed by atoms with Crippen molar-refractivity contribution in [1.29, 1.82) is 0 Å². The molecule has 1 aromatic rings. The molecule has 4 N–H and O–H groups in total. The third-order valence-corrected chi connectivity index (χ3v) is 16.6. The van der Waals surface area contributed by atoms with Gasteiger partial charge >= 0.3 is 5.97 Å². The smallest absolute Gasteiger partial charge is 0.303 e. The van der Waals surface area contributed by atoms with Crippen LogP contribution in [0.4, 0.5) is 0 Å². The highest BCUT2D eigenvalue weighted by Crippen LogP contribution is 2.77. The largest absolute Gasteiger partial charge is 0.481 e. The number of nitrogens with zero attached hydrogens (tertiary/aromatic N) is 1. The molecule has 7 heteroatoms. The van der Waals surface area contributed by atoms with Gasteiger partial charge in [0.15, 0.2) is 6.29 Å². The predicted octanol–water partition coefficient (Wildman–Crippen LogP) is 8.62. The van der Waals surface area contributed by atoms with E-state index >= 15 is 0 Å². The number of carbonyl (C=O) groups excluding carboxylic acids is 1. The Bertz CT molecular complexity index is 1550. The van der Waals surface area contributed by atoms with Crippen molar-refractivity contribution in [2.24, 2.45) is 56.7 Å². The highest BCUT2D eigenvalue weighted by atomic mass is 16.5. The number of hydrogen-bond acceptors (Lipinski definition) is 5. The molecule has 0 saturated heterocycles. The second-order valence-electron chi connectivity index (χ2n) is 19.1. The first-order chi connectivity index (χ1) is 24.5. The molecule has 5 aliphatic carbocycles. The molecule has 1 aromatic carbocycles. The second-order valence-corrected chi connectivity index (χ2v) is 19.1. The number of hydrogen-bond donors (Lipinski definition) is 4. The van der Waals surface area contributed by atoms with E-state index in [-0.39, 0.29) is 39.4 Å². The van der Waals surface area contributed by atoms with Gasteiger partial charge in [0.05, 0.1) is 5.41 Å². The van der Waals surface area contributed by atoms with Crippen molar-refractivity contribution in [3.05, 3.63) is 53.6 Å². The van der Waals surface area contributed by atoms with E-state index in [9.17, 15) is 19.8 Å². The molecule has 0 aromatic heterocycles. The number of fused-ring (bicyclic) bond motifs is 7. The number of carbonyl (C=O) groups is 2. The lowest BCUT2D eigenvalue weighted by Crippen LogP contribution is -2.66. The van der Waals surface area contributed by atoms with Gasteiger partial charge in [0.25, 0.3) is 0 Å². The molecular formula is C45H68N2O5. The molecule has 4 fully saturated rings. The van der Waals surface area contributed by atoms with Crippen molar-refractivity contribution in [1.82, 2.24) is 10.2 Å². The number of allylic oxidation sites excluding steroid dienone is 3. The molecule has 0 spiro atoms. The first-order valence-corrected chi connectivity index (χ1v) is 20.5. The van der Waals surface area contributed by atoms with Gasteiger partial charge in [-0.15, -0.1) is 0 Å². The molecular weight excluding hydrogens is 649 g/mol. The van der Waals surface area contributed by atoms with Gasteiger partial charge in [-0.3, -0.25) is 9.59 Å². The zero-order valence-electron chi connectivity index (χ0n) is 33.3. The first kappa shape index (κ1) is 39.2. The number of rotatable bonds is 12. The minimum atomic E-state index is -1.45. The summed E-state index contributed by atoms with van der Waals surface area (Å²) in [5, 5.41) is 31.9. The summed E-state index contributed by atoms with van der Waals surface area (Å²) in [7, 11) is 0. The van der Waals surface area contributed by atoms with Crippen molar-refractivity contribution in [2.75, 3.05) is 26.2 Å². The van der Waals surface area contributed by atoms with E-state index in [0.29, 0.717) is 48.1 Å². The van der Waals surface area contributed by atoms with Crippen LogP contribution < -0.4 is 5.32 Å². The van der Waals surface area contributed by atoms with Crippen molar-refractivity contribution in [3.8, 4) is 0 Å². The minimum absolute atomic E-state index is 0.00858. The summed E-state index contributed by atoms with van der Waals surface area (Å²) >= 11 is 0. The van der Waals surface area contributed by atoms with E-state index in [1.165, 1.54) is 42.4 Å². The van der Waals surface area contributed by atoms with Crippen LogP contribution in [0, 0.1) is 56.7 Å². The molecule has 288 valence electrons. The van der Waals surface area contributed by atoms with Crippen LogP contribution >= 0.6 is 0 Å². The van der Waals surface area contributed by atoms with Gasteiger partial charge in [-0.2, -0.15) is 0 Å². The summed E-state index contributed by atoms with van der Waals surface area (Å²) in [6.45, 7) is 24.6. The Balaban J connectivity index is 1.24. The van der Waals surface area contributed by atoms with Gasteiger partial charge in [0, 0.05) is 25.1 Å². The highest BCUT2D eigenvalue weighted by molar-refractivity contribution is 5.84. The van der Waals surface area contributed by atoms with Gasteiger partial charge in [-0.05, 0) is 147 Å². The van der Waals surface area contributed by atoms with Gasteiger partial charge in [-0.1, -0.05) is 84.0 Å². The van der Waals surface area contributed by atoms with E-state index in [1.807, 2.05) is 12.1 Å². The lowest BCUT2D eigenvalue weighted by Gasteiger charge is -2.72. The van der Waals surface area contributed by atoms with Crippen LogP contribution in [0.15, 0.2) is 42.5 Å². The van der Waals surface area contributed by atoms with Crippen LogP contribution in [-0.4, -0.2) is 58.3 Å². The van der Waals surface area contributed by atoms with Crippen LogP contribution in [0.2, 0.25) is 0 Å². The van der Waals surface area contributed by atoms with Gasteiger partial charge in [0.1, 0.15) is 0 Å². The molecule has 7 nitrogen and oxygen atoms in total. The predicted molar refractivity (Wildman–Crippen MR) is 208 cm³/mol. The highest BCUT2D eigenvalue weighted by Gasteiger charge is 2.71.